The molecule has 4 nitrogen and oxygen atoms in total. The first-order chi connectivity index (χ1) is 8.06. The predicted octanol–water partition coefficient (Wildman–Crippen LogP) is 2.66. The smallest absolute Gasteiger partial charge is 0.226 e. The fourth-order valence-corrected chi connectivity index (χ4v) is 2.48. The number of para-hydroxylation sites is 1. The van der Waals surface area contributed by atoms with E-state index < -0.39 is 5.72 Å². The van der Waals surface area contributed by atoms with E-state index in [0.717, 1.165) is 16.8 Å². The van der Waals surface area contributed by atoms with Gasteiger partial charge >= 0.3 is 0 Å². The number of hydrogen-bond acceptors (Lipinski definition) is 3. The van der Waals surface area contributed by atoms with E-state index in [2.05, 4.69) is 4.89 Å². The predicted molar refractivity (Wildman–Crippen MR) is 65.4 cm³/mol. The van der Waals surface area contributed by atoms with Crippen LogP contribution in [0, 0.1) is 0 Å². The number of benzene rings is 1. The Bertz CT molecular complexity index is 495. The molecule has 1 amide bonds. The second-order valence-corrected chi connectivity index (χ2v) is 4.15. The van der Waals surface area contributed by atoms with Crippen molar-refractivity contribution in [1.29, 1.82) is 0 Å². The minimum atomic E-state index is -1.15. The Morgan fingerprint density at radius 1 is 1.47 bits per heavy atom. The molecule has 17 heavy (non-hydrogen) atoms. The Morgan fingerprint density at radius 2 is 2.12 bits per heavy atom. The molecule has 1 aromatic carbocycles. The van der Waals surface area contributed by atoms with Gasteiger partial charge in [0.25, 0.3) is 0 Å². The van der Waals surface area contributed by atoms with Crippen LogP contribution in [-0.2, 0) is 9.68 Å². The molecule has 90 valence electrons. The lowest BCUT2D eigenvalue weighted by atomic mass is 10.0. The lowest BCUT2D eigenvalue weighted by Crippen LogP contribution is -2.47. The monoisotopic (exact) mass is 233 g/mol. The molecule has 1 heterocycles. The number of allylic oxidation sites excluding steroid dienone is 1. The fraction of sp³-hybridized carbons (Fsp3) is 0.308. The van der Waals surface area contributed by atoms with Crippen LogP contribution in [0.5, 0.6) is 0 Å². The van der Waals surface area contributed by atoms with Gasteiger partial charge in [0.2, 0.25) is 11.6 Å². The van der Waals surface area contributed by atoms with E-state index in [-0.39, 0.29) is 5.91 Å². The highest BCUT2D eigenvalue weighted by Gasteiger charge is 2.47. The van der Waals surface area contributed by atoms with Gasteiger partial charge in [0.05, 0.1) is 5.69 Å². The lowest BCUT2D eigenvalue weighted by molar-refractivity contribution is -0.295. The normalized spacial score (nSPS) is 25.2. The van der Waals surface area contributed by atoms with Gasteiger partial charge in [0.15, 0.2) is 0 Å². The molecule has 0 aliphatic carbocycles. The molecule has 0 aromatic heterocycles. The van der Waals surface area contributed by atoms with Crippen molar-refractivity contribution in [3.05, 3.63) is 35.9 Å². The third-order valence-corrected chi connectivity index (χ3v) is 3.14. The van der Waals surface area contributed by atoms with E-state index in [1.54, 1.807) is 6.92 Å². The van der Waals surface area contributed by atoms with Crippen molar-refractivity contribution in [1.82, 2.24) is 0 Å². The first kappa shape index (κ1) is 11.8. The minimum absolute atomic E-state index is 0.175. The van der Waals surface area contributed by atoms with Gasteiger partial charge in [-0.15, -0.1) is 0 Å². The highest BCUT2D eigenvalue weighted by atomic mass is 17.1. The number of fused-ring (bicyclic) bond motifs is 1. The molecule has 1 N–H and O–H groups in total. The van der Waals surface area contributed by atoms with Crippen LogP contribution in [0.4, 0.5) is 5.69 Å². The number of carbonyl (C=O) groups excluding carboxylic acids is 1. The molecule has 0 bridgehead atoms. The van der Waals surface area contributed by atoms with Crippen LogP contribution < -0.4 is 4.90 Å². The van der Waals surface area contributed by atoms with E-state index >= 15 is 0 Å². The summed E-state index contributed by atoms with van der Waals surface area (Å²) in [6.07, 6.45) is 1.85. The van der Waals surface area contributed by atoms with Crippen molar-refractivity contribution in [3.8, 4) is 0 Å². The first-order valence-corrected chi connectivity index (χ1v) is 5.46. The third kappa shape index (κ3) is 1.49. The molecular weight excluding hydrogens is 218 g/mol. The van der Waals surface area contributed by atoms with Crippen molar-refractivity contribution in [3.63, 3.8) is 0 Å². The Morgan fingerprint density at radius 3 is 2.65 bits per heavy atom. The number of amides is 1. The van der Waals surface area contributed by atoms with Crippen molar-refractivity contribution < 1.29 is 14.9 Å². The van der Waals surface area contributed by atoms with E-state index in [1.807, 2.05) is 37.3 Å². The summed E-state index contributed by atoms with van der Waals surface area (Å²) in [5, 5.41) is 9.18. The SMILES string of the molecule is C/C=C1\c2ccccc2N(C(C)=O)C1(C)OO. The molecule has 1 aromatic rings. The minimum Gasteiger partial charge on any atom is -0.276 e. The second-order valence-electron chi connectivity index (χ2n) is 4.15. The van der Waals surface area contributed by atoms with Crippen LogP contribution in [-0.4, -0.2) is 16.9 Å². The second kappa shape index (κ2) is 3.98. The van der Waals surface area contributed by atoms with Crippen LogP contribution in [0.2, 0.25) is 0 Å². The highest BCUT2D eigenvalue weighted by Crippen LogP contribution is 2.47. The third-order valence-electron chi connectivity index (χ3n) is 3.14. The van der Waals surface area contributed by atoms with Crippen molar-refractivity contribution in [2.75, 3.05) is 4.90 Å². The summed E-state index contributed by atoms with van der Waals surface area (Å²) in [5.41, 5.74) is 1.29. The zero-order chi connectivity index (χ0) is 12.6. The van der Waals surface area contributed by atoms with Crippen molar-refractivity contribution in [2.45, 2.75) is 26.5 Å². The molecule has 0 radical (unpaired) electrons. The Kier molecular flexibility index (Phi) is 2.77. The van der Waals surface area contributed by atoms with Crippen LogP contribution in [0.15, 0.2) is 30.3 Å². The molecule has 2 rings (SSSR count). The van der Waals surface area contributed by atoms with Gasteiger partial charge in [-0.1, -0.05) is 24.3 Å². The maximum absolute atomic E-state index is 11.8. The summed E-state index contributed by atoms with van der Waals surface area (Å²) < 4.78 is 0. The van der Waals surface area contributed by atoms with Crippen molar-refractivity contribution >= 4 is 17.2 Å². The highest BCUT2D eigenvalue weighted by molar-refractivity contribution is 6.04. The number of anilines is 1. The quantitative estimate of drug-likeness (QED) is 0.599. The van der Waals surface area contributed by atoms with Crippen LogP contribution in [0.25, 0.3) is 5.57 Å². The molecule has 4 heteroatoms. The Hall–Kier alpha value is -1.65. The average Bonchev–Trinajstić information content (AvgIpc) is 2.57. The van der Waals surface area contributed by atoms with Crippen LogP contribution >= 0.6 is 0 Å². The van der Waals surface area contributed by atoms with Gasteiger partial charge in [0, 0.05) is 18.1 Å². The van der Waals surface area contributed by atoms with Crippen LogP contribution in [0.1, 0.15) is 26.3 Å². The standard InChI is InChI=1S/C13H15NO3/c1-4-11-10-7-5-6-8-12(10)14(9(2)15)13(11,3)17-16/h4-8,16H,1-3H3/b11-4+. The maximum Gasteiger partial charge on any atom is 0.226 e. The Balaban J connectivity index is 2.71. The van der Waals surface area contributed by atoms with E-state index in [0.29, 0.717) is 0 Å². The zero-order valence-corrected chi connectivity index (χ0v) is 10.1. The lowest BCUT2D eigenvalue weighted by Gasteiger charge is -2.32. The van der Waals surface area contributed by atoms with E-state index in [1.165, 1.54) is 11.8 Å². The number of rotatable bonds is 1. The van der Waals surface area contributed by atoms with Gasteiger partial charge in [-0.3, -0.25) is 9.69 Å². The van der Waals surface area contributed by atoms with Gasteiger partial charge in [0.1, 0.15) is 0 Å². The first-order valence-electron chi connectivity index (χ1n) is 5.46. The van der Waals surface area contributed by atoms with E-state index in [9.17, 15) is 10.1 Å². The average molecular weight is 233 g/mol. The summed E-state index contributed by atoms with van der Waals surface area (Å²) in [4.78, 5) is 17.8. The molecule has 1 aliphatic heterocycles. The van der Waals surface area contributed by atoms with Gasteiger partial charge in [-0.25, -0.2) is 10.1 Å². The zero-order valence-electron chi connectivity index (χ0n) is 10.1. The largest absolute Gasteiger partial charge is 0.276 e. The van der Waals surface area contributed by atoms with Crippen molar-refractivity contribution in [2.24, 2.45) is 0 Å². The maximum atomic E-state index is 11.8. The molecule has 0 saturated heterocycles. The summed E-state index contributed by atoms with van der Waals surface area (Å²) in [5.74, 6) is -0.175. The van der Waals surface area contributed by atoms with Gasteiger partial charge in [-0.05, 0) is 19.9 Å². The topological polar surface area (TPSA) is 49.8 Å². The summed E-state index contributed by atoms with van der Waals surface area (Å²) in [6.45, 7) is 4.98. The Labute approximate surface area is 100 Å². The van der Waals surface area contributed by atoms with Gasteiger partial charge in [-0.2, -0.15) is 0 Å². The molecular formula is C13H15NO3. The van der Waals surface area contributed by atoms with Crippen LogP contribution in [0.3, 0.4) is 0 Å². The number of hydrogen-bond donors (Lipinski definition) is 1. The number of carbonyl (C=O) groups is 1. The summed E-state index contributed by atoms with van der Waals surface area (Å²) >= 11 is 0. The molecule has 1 aliphatic rings. The summed E-state index contributed by atoms with van der Waals surface area (Å²) in [6, 6.07) is 7.49. The molecule has 1 unspecified atom stereocenters. The molecule has 0 saturated carbocycles. The number of nitrogens with zero attached hydrogens (tertiary/aromatic N) is 1. The summed E-state index contributed by atoms with van der Waals surface area (Å²) in [7, 11) is 0. The van der Waals surface area contributed by atoms with E-state index in [4.69, 9.17) is 0 Å². The fourth-order valence-electron chi connectivity index (χ4n) is 2.48. The molecule has 0 fully saturated rings. The molecule has 0 spiro atoms. The van der Waals surface area contributed by atoms with Gasteiger partial charge < -0.3 is 0 Å². The molecule has 1 atom stereocenters.